The Morgan fingerprint density at radius 1 is 0.730 bits per heavy atom. The van der Waals surface area contributed by atoms with E-state index in [2.05, 4.69) is 69.1 Å². The summed E-state index contributed by atoms with van der Waals surface area (Å²) in [6.07, 6.45) is 11.4. The molecule has 89 heavy (non-hydrogen) atoms. The molecular weight excluding hydrogens is 1140 g/mol. The number of aromatic nitrogens is 4. The predicted octanol–water partition coefficient (Wildman–Crippen LogP) is 9.38. The van der Waals surface area contributed by atoms with Crippen LogP contribution < -0.4 is 39.1 Å². The highest BCUT2D eigenvalue weighted by Gasteiger charge is 2.52. The Bertz CT molecular complexity index is 3680. The van der Waals surface area contributed by atoms with Gasteiger partial charge in [0, 0.05) is 98.4 Å². The molecule has 0 spiro atoms. The van der Waals surface area contributed by atoms with E-state index in [1.54, 1.807) is 64.3 Å². The molecule has 0 aliphatic carbocycles. The van der Waals surface area contributed by atoms with Crippen molar-refractivity contribution in [2.24, 2.45) is 0 Å². The highest BCUT2D eigenvalue weighted by atomic mass is 19.2. The van der Waals surface area contributed by atoms with Crippen LogP contribution in [0.1, 0.15) is 93.8 Å². The summed E-state index contributed by atoms with van der Waals surface area (Å²) in [7, 11) is 10.8. The van der Waals surface area contributed by atoms with Gasteiger partial charge in [-0.2, -0.15) is 0 Å². The van der Waals surface area contributed by atoms with Gasteiger partial charge in [0.25, 0.3) is 0 Å². The number of nitrogens with zero attached hydrogens (tertiary/aromatic N) is 7. The summed E-state index contributed by atoms with van der Waals surface area (Å²) < 4.78 is 90.4. The van der Waals surface area contributed by atoms with E-state index in [1.165, 1.54) is 11.1 Å². The van der Waals surface area contributed by atoms with E-state index in [1.807, 2.05) is 43.5 Å². The van der Waals surface area contributed by atoms with Gasteiger partial charge in [-0.25, -0.2) is 4.68 Å². The normalized spacial score (nSPS) is 17.3. The van der Waals surface area contributed by atoms with Crippen LogP contribution in [0.3, 0.4) is 0 Å². The van der Waals surface area contributed by atoms with Gasteiger partial charge in [0.05, 0.1) is 80.3 Å². The van der Waals surface area contributed by atoms with Crippen molar-refractivity contribution in [3.05, 3.63) is 141 Å². The topological polar surface area (TPSA) is 186 Å². The molecule has 8 heterocycles. The number of anilines is 1. The first-order chi connectivity index (χ1) is 43.1. The van der Waals surface area contributed by atoms with E-state index < -0.39 is 6.97 Å². The molecule has 0 saturated heterocycles. The van der Waals surface area contributed by atoms with Crippen LogP contribution in [0.5, 0.6) is 46.0 Å². The number of benzene rings is 4. The quantitative estimate of drug-likeness (QED) is 0.0431. The van der Waals surface area contributed by atoms with Crippen molar-refractivity contribution < 1.29 is 65.3 Å². The lowest BCUT2D eigenvalue weighted by molar-refractivity contribution is -0.362. The Morgan fingerprint density at radius 2 is 1.43 bits per heavy atom. The zero-order valence-corrected chi connectivity index (χ0v) is 52.1. The molecule has 6 bridgehead atoms. The maximum absolute atomic E-state index is 15.7. The average molecular weight is 1220 g/mol. The standard InChI is InChI=1S/C66H80BF2N9O11/c1-42-32-43(2)77-54(42)38-50-15-14-49(78(50)67(77,68)69)16-19-62(79)70-22-26-85-28-30-87-31-29-86-27-25-76-41-48(72-73-76)10-9-11-63(80)71-53-40-58(82-6)59-37-47(53)34-56-64-46(21-24-75(56)4)36-61(83-7)65(84-8)66(64)89-60-39-52-45(35-57(60)81-5)20-23-74(3)55(52)33-44-12-17-51(88-59)18-13-44/h12-15,17-18,32,35-41,55-56H,9-11,16,19-31,33-34H2,1-8H3,(H,70,79)(H,71,80)/t55-,56+/m0/s1. The van der Waals surface area contributed by atoms with Gasteiger partial charge in [-0.1, -0.05) is 17.3 Å². The Hall–Kier alpha value is -8.09. The second-order valence-corrected chi connectivity index (χ2v) is 23.3. The maximum atomic E-state index is 15.7. The molecule has 0 fully saturated rings. The SMILES string of the molecule is COc1cc(NC(=O)CCCc2cn(CCOCCOCCOCCNC(=O)CCC3=[N+]4C(=Cc5c(C)cc(C)n5[B-]4(F)F)C=C3)nn2)c2cc1Oc1ccc(cc1)C[C@H]1c3cc(c(OC)cc3CCN1C)Oc1c(OC)c(OC)cc3c1[C@@H](C2)N(C)CC3. The molecule has 472 valence electrons. The fourth-order valence-electron chi connectivity index (χ4n) is 12.9. The summed E-state index contributed by atoms with van der Waals surface area (Å²) in [5.41, 5.74) is 10.4. The number of ether oxygens (including phenoxy) is 9. The van der Waals surface area contributed by atoms with Crippen molar-refractivity contribution in [1.82, 2.24) is 34.6 Å². The molecule has 0 unspecified atom stereocenters. The fourth-order valence-corrected chi connectivity index (χ4v) is 12.9. The largest absolute Gasteiger partial charge is 0.737 e. The number of aryl methyl sites for hydroxylation is 3. The zero-order chi connectivity index (χ0) is 62.3. The van der Waals surface area contributed by atoms with Crippen LogP contribution in [0.4, 0.5) is 14.3 Å². The summed E-state index contributed by atoms with van der Waals surface area (Å²) in [6.45, 7) is 4.00. The van der Waals surface area contributed by atoms with Gasteiger partial charge in [-0.15, -0.1) is 5.10 Å². The molecule has 4 aromatic carbocycles. The molecule has 0 saturated carbocycles. The van der Waals surface area contributed by atoms with Crippen LogP contribution >= 0.6 is 0 Å². The molecule has 2 aromatic heterocycles. The number of amides is 2. The van der Waals surface area contributed by atoms with Crippen LogP contribution in [-0.4, -0.2) is 160 Å². The smallest absolute Gasteiger partial charge is 0.493 e. The molecule has 6 aliphatic rings. The molecule has 6 aliphatic heterocycles. The van der Waals surface area contributed by atoms with E-state index in [4.69, 9.17) is 42.6 Å². The van der Waals surface area contributed by atoms with E-state index in [0.29, 0.717) is 140 Å². The summed E-state index contributed by atoms with van der Waals surface area (Å²) in [4.78, 5) is 31.3. The molecule has 2 atom stereocenters. The summed E-state index contributed by atoms with van der Waals surface area (Å²) in [5, 5.41) is 14.7. The third-order valence-electron chi connectivity index (χ3n) is 17.5. The highest BCUT2D eigenvalue weighted by molar-refractivity contribution is 6.58. The first-order valence-electron chi connectivity index (χ1n) is 30.6. The second-order valence-electron chi connectivity index (χ2n) is 23.3. The van der Waals surface area contributed by atoms with Crippen molar-refractivity contribution in [1.29, 1.82) is 0 Å². The van der Waals surface area contributed by atoms with Crippen molar-refractivity contribution >= 4 is 36.3 Å². The number of hydrogen-bond acceptors (Lipinski definition) is 15. The summed E-state index contributed by atoms with van der Waals surface area (Å²) in [5.74, 6) is 4.02. The minimum atomic E-state index is -4.07. The molecule has 12 rings (SSSR count). The van der Waals surface area contributed by atoms with E-state index in [9.17, 15) is 9.59 Å². The van der Waals surface area contributed by atoms with E-state index in [0.717, 1.165) is 74.8 Å². The number of likely N-dealkylation sites (N-methyl/N-ethyl adjacent to an activating group) is 2. The van der Waals surface area contributed by atoms with Gasteiger partial charge in [0.1, 0.15) is 11.5 Å². The summed E-state index contributed by atoms with van der Waals surface area (Å²) in [6, 6.07) is 19.9. The number of nitrogens with one attached hydrogen (secondary N) is 2. The summed E-state index contributed by atoms with van der Waals surface area (Å²) >= 11 is 0. The Balaban J connectivity index is 0.658. The molecule has 6 aromatic rings. The lowest BCUT2D eigenvalue weighted by Crippen LogP contribution is -2.50. The number of halogens is 2. The molecular formula is C66H80BF2N9O11. The van der Waals surface area contributed by atoms with Crippen molar-refractivity contribution in [2.45, 2.75) is 90.3 Å². The lowest BCUT2D eigenvalue weighted by atomic mass is 9.86. The molecule has 0 radical (unpaired) electrons. The van der Waals surface area contributed by atoms with Crippen LogP contribution in [0.25, 0.3) is 6.08 Å². The zero-order valence-electron chi connectivity index (χ0n) is 52.1. The third kappa shape index (κ3) is 13.7. The van der Waals surface area contributed by atoms with Gasteiger partial charge in [-0.3, -0.25) is 19.4 Å². The number of hydrogen-bond donors (Lipinski definition) is 2. The van der Waals surface area contributed by atoms with Gasteiger partial charge < -0.3 is 70.9 Å². The number of methoxy groups -OCH3 is 4. The van der Waals surface area contributed by atoms with Gasteiger partial charge in [0.15, 0.2) is 40.2 Å². The van der Waals surface area contributed by atoms with E-state index >= 15 is 8.63 Å². The van der Waals surface area contributed by atoms with Gasteiger partial charge in [-0.05, 0) is 148 Å². The average Bonchev–Trinajstić information content (AvgIpc) is 1.71. The van der Waals surface area contributed by atoms with Crippen molar-refractivity contribution in [2.75, 3.05) is 107 Å². The van der Waals surface area contributed by atoms with Crippen LogP contribution in [0.15, 0.2) is 84.7 Å². The van der Waals surface area contributed by atoms with E-state index in [-0.39, 0.29) is 49.8 Å². The predicted molar refractivity (Wildman–Crippen MR) is 334 cm³/mol. The Labute approximate surface area is 518 Å². The third-order valence-corrected chi connectivity index (χ3v) is 17.5. The molecule has 23 heteroatoms. The Morgan fingerprint density at radius 3 is 2.18 bits per heavy atom. The van der Waals surface area contributed by atoms with Crippen molar-refractivity contribution in [3.8, 4) is 46.0 Å². The van der Waals surface area contributed by atoms with Crippen LogP contribution in [-0.2, 0) is 62.4 Å². The highest BCUT2D eigenvalue weighted by Crippen LogP contribution is 2.52. The first-order valence-corrected chi connectivity index (χ1v) is 30.6. The van der Waals surface area contributed by atoms with Crippen LogP contribution in [0, 0.1) is 13.8 Å². The minimum absolute atomic E-state index is 0.0775. The number of fused-ring (bicyclic) bond motifs is 4. The van der Waals surface area contributed by atoms with Gasteiger partial charge in [0.2, 0.25) is 17.6 Å². The number of carbonyl (C=O) groups excluding carboxylic acids is 2. The number of allylic oxidation sites excluding steroid dienone is 2. The first kappa shape index (κ1) is 62.5. The lowest BCUT2D eigenvalue weighted by Gasteiger charge is -2.37. The minimum Gasteiger partial charge on any atom is -0.493 e. The van der Waals surface area contributed by atoms with Gasteiger partial charge >= 0.3 is 6.97 Å². The van der Waals surface area contributed by atoms with Crippen LogP contribution in [0.2, 0.25) is 0 Å². The van der Waals surface area contributed by atoms with Crippen molar-refractivity contribution in [3.63, 3.8) is 0 Å². The number of rotatable bonds is 24. The maximum Gasteiger partial charge on any atom is 0.737 e. The second kappa shape index (κ2) is 27.8. The fraction of sp³-hybridized carbons (Fsp3) is 0.439. The molecule has 2 N–H and O–H groups in total. The molecule has 2 amide bonds. The Kier molecular flexibility index (Phi) is 19.5. The number of carbonyl (C=O) groups is 2. The molecule has 20 nitrogen and oxygen atoms in total. The monoisotopic (exact) mass is 1220 g/mol.